The molecule has 1 heterocycles. The molecule has 112 valence electrons. The molecule has 0 unspecified atom stereocenters. The lowest BCUT2D eigenvalue weighted by Crippen LogP contribution is -2.09. The van der Waals surface area contributed by atoms with Crippen molar-refractivity contribution in [3.8, 4) is 0 Å². The smallest absolute Gasteiger partial charge is 0.339 e. The molecule has 0 aliphatic rings. The van der Waals surface area contributed by atoms with Crippen molar-refractivity contribution in [3.05, 3.63) is 24.0 Å². The van der Waals surface area contributed by atoms with Crippen LogP contribution in [0.2, 0.25) is 0 Å². The standard InChI is InChI=1S/C14H21NO4S/c1-4-19-14(17)12-7-9-15(10-12)8-5-6-13(16)11-20(2,3)18/h7,9-11H,4-6,8H2,1-3H3. The van der Waals surface area contributed by atoms with Crippen LogP contribution in [-0.4, -0.2) is 45.0 Å². The van der Waals surface area contributed by atoms with Crippen LogP contribution in [0, 0.1) is 0 Å². The van der Waals surface area contributed by atoms with Crippen LogP contribution in [0.25, 0.3) is 0 Å². The Labute approximate surface area is 119 Å². The van der Waals surface area contributed by atoms with Crippen LogP contribution in [0.1, 0.15) is 30.1 Å². The number of esters is 1. The van der Waals surface area contributed by atoms with Gasteiger partial charge < -0.3 is 9.30 Å². The summed E-state index contributed by atoms with van der Waals surface area (Å²) in [6, 6.07) is 1.69. The molecule has 20 heavy (non-hydrogen) atoms. The number of nitrogens with zero attached hydrogens (tertiary/aromatic N) is 1. The number of carbonyl (C=O) groups excluding carboxylic acids is 2. The minimum absolute atomic E-state index is 0.0993. The fourth-order valence-corrected chi connectivity index (χ4v) is 2.48. The fraction of sp³-hybridized carbons (Fsp3) is 0.500. The van der Waals surface area contributed by atoms with Crippen molar-refractivity contribution in [1.82, 2.24) is 4.57 Å². The van der Waals surface area contributed by atoms with Crippen LogP contribution in [0.3, 0.4) is 0 Å². The number of hydrogen-bond acceptors (Lipinski definition) is 4. The Morgan fingerprint density at radius 3 is 2.70 bits per heavy atom. The zero-order valence-electron chi connectivity index (χ0n) is 12.1. The SMILES string of the molecule is CCOC(=O)c1ccn(CCCC(=O)C=S(C)(C)=O)c1. The molecule has 0 bridgehead atoms. The Morgan fingerprint density at radius 2 is 2.10 bits per heavy atom. The summed E-state index contributed by atoms with van der Waals surface area (Å²) < 4.78 is 18.2. The van der Waals surface area contributed by atoms with Crippen LogP contribution >= 0.6 is 0 Å². The Hall–Kier alpha value is -1.56. The zero-order valence-corrected chi connectivity index (χ0v) is 12.9. The largest absolute Gasteiger partial charge is 0.462 e. The summed E-state index contributed by atoms with van der Waals surface area (Å²) >= 11 is 0. The van der Waals surface area contributed by atoms with E-state index in [4.69, 9.17) is 4.74 Å². The van der Waals surface area contributed by atoms with E-state index in [9.17, 15) is 13.8 Å². The molecule has 0 aliphatic heterocycles. The van der Waals surface area contributed by atoms with Gasteiger partial charge in [0.05, 0.1) is 12.2 Å². The highest BCUT2D eigenvalue weighted by molar-refractivity contribution is 8.01. The summed E-state index contributed by atoms with van der Waals surface area (Å²) in [6.07, 6.45) is 7.57. The quantitative estimate of drug-likeness (QED) is 0.563. The summed E-state index contributed by atoms with van der Waals surface area (Å²) in [7, 11) is -2.12. The summed E-state index contributed by atoms with van der Waals surface area (Å²) in [5, 5.41) is 1.30. The number of rotatable bonds is 7. The predicted molar refractivity (Wildman–Crippen MR) is 80.7 cm³/mol. The van der Waals surface area contributed by atoms with Crippen molar-refractivity contribution in [2.75, 3.05) is 19.1 Å². The van der Waals surface area contributed by atoms with Crippen molar-refractivity contribution in [2.45, 2.75) is 26.3 Å². The first kappa shape index (κ1) is 16.5. The minimum atomic E-state index is -2.12. The van der Waals surface area contributed by atoms with Crippen LogP contribution in [0.15, 0.2) is 18.5 Å². The maximum absolute atomic E-state index is 11.5. The maximum atomic E-state index is 11.5. The van der Waals surface area contributed by atoms with E-state index in [-0.39, 0.29) is 11.8 Å². The summed E-state index contributed by atoms with van der Waals surface area (Å²) in [4.78, 5) is 23.0. The number of ether oxygens (including phenoxy) is 1. The molecule has 0 aliphatic carbocycles. The van der Waals surface area contributed by atoms with Gasteiger partial charge in [0.2, 0.25) is 0 Å². The lowest BCUT2D eigenvalue weighted by molar-refractivity contribution is -0.112. The highest BCUT2D eigenvalue weighted by Gasteiger charge is 2.08. The normalized spacial score (nSPS) is 11.2. The molecule has 0 N–H and O–H groups in total. The molecule has 1 aromatic heterocycles. The highest BCUT2D eigenvalue weighted by Crippen LogP contribution is 2.05. The first-order valence-electron chi connectivity index (χ1n) is 6.46. The number of ketones is 1. The fourth-order valence-electron chi connectivity index (χ4n) is 1.73. The van der Waals surface area contributed by atoms with Gasteiger partial charge in [0.15, 0.2) is 5.78 Å². The van der Waals surface area contributed by atoms with Crippen LogP contribution in [0.5, 0.6) is 0 Å². The molecule has 0 amide bonds. The van der Waals surface area contributed by atoms with E-state index in [0.717, 1.165) is 0 Å². The maximum Gasteiger partial charge on any atom is 0.339 e. The lowest BCUT2D eigenvalue weighted by atomic mass is 10.2. The van der Waals surface area contributed by atoms with Crippen molar-refractivity contribution >= 4 is 26.6 Å². The van der Waals surface area contributed by atoms with Crippen LogP contribution < -0.4 is 0 Å². The first-order chi connectivity index (χ1) is 9.31. The van der Waals surface area contributed by atoms with Crippen molar-refractivity contribution in [2.24, 2.45) is 0 Å². The van der Waals surface area contributed by atoms with E-state index < -0.39 is 9.52 Å². The first-order valence-corrected chi connectivity index (χ1v) is 8.90. The van der Waals surface area contributed by atoms with E-state index in [2.05, 4.69) is 0 Å². The Balaban J connectivity index is 2.46. The van der Waals surface area contributed by atoms with E-state index in [0.29, 0.717) is 31.6 Å². The molecule has 5 nitrogen and oxygen atoms in total. The lowest BCUT2D eigenvalue weighted by Gasteiger charge is -2.02. The van der Waals surface area contributed by atoms with Gasteiger partial charge >= 0.3 is 5.97 Å². The third-order valence-electron chi connectivity index (χ3n) is 2.52. The molecule has 0 spiro atoms. The van der Waals surface area contributed by atoms with Crippen molar-refractivity contribution in [1.29, 1.82) is 0 Å². The Bertz CT molecular complexity index is 586. The summed E-state index contributed by atoms with van der Waals surface area (Å²) in [5.41, 5.74) is 0.509. The second-order valence-corrected chi connectivity index (χ2v) is 7.71. The highest BCUT2D eigenvalue weighted by atomic mass is 32.2. The molecule has 0 fully saturated rings. The molecular weight excluding hydrogens is 278 g/mol. The Kier molecular flexibility index (Phi) is 6.01. The zero-order chi connectivity index (χ0) is 15.2. The predicted octanol–water partition coefficient (Wildman–Crippen LogP) is 1.36. The molecule has 0 aromatic carbocycles. The van der Waals surface area contributed by atoms with Gasteiger partial charge in [0, 0.05) is 43.2 Å². The van der Waals surface area contributed by atoms with Crippen molar-refractivity contribution < 1.29 is 18.5 Å². The van der Waals surface area contributed by atoms with E-state index in [1.165, 1.54) is 5.37 Å². The molecule has 0 saturated heterocycles. The van der Waals surface area contributed by atoms with Crippen LogP contribution in [-0.2, 0) is 25.6 Å². The van der Waals surface area contributed by atoms with Gasteiger partial charge in [0.1, 0.15) is 0 Å². The van der Waals surface area contributed by atoms with Gasteiger partial charge in [0.25, 0.3) is 0 Å². The number of aromatic nitrogens is 1. The van der Waals surface area contributed by atoms with Crippen molar-refractivity contribution in [3.63, 3.8) is 0 Å². The van der Waals surface area contributed by atoms with Gasteiger partial charge in [-0.05, 0) is 28.9 Å². The van der Waals surface area contributed by atoms with E-state index in [1.54, 1.807) is 37.9 Å². The number of carbonyl (C=O) groups is 2. The van der Waals surface area contributed by atoms with E-state index in [1.807, 2.05) is 4.57 Å². The van der Waals surface area contributed by atoms with Gasteiger partial charge in [-0.3, -0.25) is 9.00 Å². The monoisotopic (exact) mass is 299 g/mol. The second-order valence-electron chi connectivity index (χ2n) is 4.86. The molecule has 0 atom stereocenters. The van der Waals surface area contributed by atoms with Gasteiger partial charge in [-0.2, -0.15) is 0 Å². The second kappa shape index (κ2) is 7.28. The molecule has 6 heteroatoms. The van der Waals surface area contributed by atoms with Gasteiger partial charge in [-0.1, -0.05) is 0 Å². The number of hydrogen-bond donors (Lipinski definition) is 0. The average Bonchev–Trinajstić information content (AvgIpc) is 2.75. The molecule has 1 aromatic rings. The summed E-state index contributed by atoms with van der Waals surface area (Å²) in [5.74, 6) is -0.440. The molecular formula is C14H21NO4S. The third kappa shape index (κ3) is 6.06. The van der Waals surface area contributed by atoms with E-state index >= 15 is 0 Å². The average molecular weight is 299 g/mol. The Morgan fingerprint density at radius 1 is 1.40 bits per heavy atom. The minimum Gasteiger partial charge on any atom is -0.462 e. The number of Topliss-reactive ketones (excluding diaryl/α,β-unsaturated/α-hetero) is 1. The third-order valence-corrected chi connectivity index (χ3v) is 3.35. The molecule has 0 radical (unpaired) electrons. The van der Waals surface area contributed by atoms with Gasteiger partial charge in [-0.25, -0.2) is 4.79 Å². The summed E-state index contributed by atoms with van der Waals surface area (Å²) in [6.45, 7) is 2.74. The molecule has 0 saturated carbocycles. The topological polar surface area (TPSA) is 65.4 Å². The van der Waals surface area contributed by atoms with Gasteiger partial charge in [-0.15, -0.1) is 0 Å². The number of aryl methyl sites for hydroxylation is 1. The molecule has 1 rings (SSSR count). The van der Waals surface area contributed by atoms with Crippen LogP contribution in [0.4, 0.5) is 0 Å².